The number of hydrogen-bond acceptors (Lipinski definition) is 5. The fourth-order valence-corrected chi connectivity index (χ4v) is 2.76. The van der Waals surface area contributed by atoms with Gasteiger partial charge in [-0.3, -0.25) is 0 Å². The standard InChI is InChI=1S/C15H25NO3S/c1-6-12(10-20-5)16-9-11-7-14(18-3)15(19-4)8-13(11)17-2/h7-8,12,16H,6,9-10H2,1-5H3. The van der Waals surface area contributed by atoms with E-state index in [1.54, 1.807) is 21.3 Å². The lowest BCUT2D eigenvalue weighted by Gasteiger charge is -2.18. The van der Waals surface area contributed by atoms with Gasteiger partial charge in [-0.1, -0.05) is 6.92 Å². The first-order valence-corrected chi connectivity index (χ1v) is 8.10. The largest absolute Gasteiger partial charge is 0.496 e. The molecule has 5 heteroatoms. The van der Waals surface area contributed by atoms with Gasteiger partial charge in [0.15, 0.2) is 11.5 Å². The van der Waals surface area contributed by atoms with E-state index in [0.717, 1.165) is 35.8 Å². The molecular weight excluding hydrogens is 274 g/mol. The van der Waals surface area contributed by atoms with Crippen LogP contribution in [0.1, 0.15) is 18.9 Å². The van der Waals surface area contributed by atoms with Gasteiger partial charge in [-0.15, -0.1) is 0 Å². The number of benzene rings is 1. The summed E-state index contributed by atoms with van der Waals surface area (Å²) in [6.45, 7) is 2.95. The molecule has 0 aromatic heterocycles. The molecule has 20 heavy (non-hydrogen) atoms. The Kier molecular flexibility index (Phi) is 7.62. The number of methoxy groups -OCH3 is 3. The van der Waals surface area contributed by atoms with Gasteiger partial charge in [0, 0.05) is 30.0 Å². The maximum Gasteiger partial charge on any atom is 0.164 e. The molecule has 0 bridgehead atoms. The molecule has 0 radical (unpaired) electrons. The Labute approximate surface area is 126 Å². The molecule has 1 N–H and O–H groups in total. The summed E-state index contributed by atoms with van der Waals surface area (Å²) in [7, 11) is 4.94. The van der Waals surface area contributed by atoms with E-state index in [4.69, 9.17) is 14.2 Å². The third kappa shape index (κ3) is 4.49. The van der Waals surface area contributed by atoms with Crippen LogP contribution in [0.25, 0.3) is 0 Å². The number of nitrogens with one attached hydrogen (secondary N) is 1. The van der Waals surface area contributed by atoms with Gasteiger partial charge in [0.2, 0.25) is 0 Å². The van der Waals surface area contributed by atoms with Crippen LogP contribution in [0, 0.1) is 0 Å². The molecule has 0 saturated heterocycles. The van der Waals surface area contributed by atoms with Crippen LogP contribution in [0.15, 0.2) is 12.1 Å². The predicted molar refractivity (Wildman–Crippen MR) is 85.4 cm³/mol. The van der Waals surface area contributed by atoms with Crippen LogP contribution < -0.4 is 19.5 Å². The molecule has 0 aliphatic heterocycles. The summed E-state index contributed by atoms with van der Waals surface area (Å²) in [5.74, 6) is 3.33. The lowest BCUT2D eigenvalue weighted by Crippen LogP contribution is -2.30. The fraction of sp³-hybridized carbons (Fsp3) is 0.600. The zero-order valence-electron chi connectivity index (χ0n) is 13.0. The third-order valence-corrected chi connectivity index (χ3v) is 3.96. The molecule has 0 spiro atoms. The molecule has 114 valence electrons. The average molecular weight is 299 g/mol. The normalized spacial score (nSPS) is 12.1. The molecule has 0 aliphatic rings. The highest BCUT2D eigenvalue weighted by molar-refractivity contribution is 7.98. The minimum Gasteiger partial charge on any atom is -0.496 e. The molecule has 0 aliphatic carbocycles. The van der Waals surface area contributed by atoms with Crippen LogP contribution in [-0.4, -0.2) is 39.4 Å². The summed E-state index contributed by atoms with van der Waals surface area (Å²) in [6.07, 6.45) is 3.23. The van der Waals surface area contributed by atoms with Crippen molar-refractivity contribution in [1.29, 1.82) is 0 Å². The lowest BCUT2D eigenvalue weighted by atomic mass is 10.1. The van der Waals surface area contributed by atoms with E-state index in [1.165, 1.54) is 0 Å². The summed E-state index contributed by atoms with van der Waals surface area (Å²) in [5.41, 5.74) is 1.07. The van der Waals surface area contributed by atoms with Crippen molar-refractivity contribution in [3.63, 3.8) is 0 Å². The van der Waals surface area contributed by atoms with Gasteiger partial charge in [-0.05, 0) is 18.7 Å². The Morgan fingerprint density at radius 1 is 1.05 bits per heavy atom. The minimum absolute atomic E-state index is 0.503. The Morgan fingerprint density at radius 2 is 1.65 bits per heavy atom. The second-order valence-electron chi connectivity index (χ2n) is 4.46. The number of hydrogen-bond donors (Lipinski definition) is 1. The fourth-order valence-electron chi connectivity index (χ4n) is 2.01. The second-order valence-corrected chi connectivity index (χ2v) is 5.37. The van der Waals surface area contributed by atoms with Gasteiger partial charge < -0.3 is 19.5 Å². The maximum atomic E-state index is 5.43. The number of thioether (sulfide) groups is 1. The topological polar surface area (TPSA) is 39.7 Å². The van der Waals surface area contributed by atoms with Crippen LogP contribution in [0.2, 0.25) is 0 Å². The molecule has 1 rings (SSSR count). The van der Waals surface area contributed by atoms with E-state index < -0.39 is 0 Å². The molecule has 4 nitrogen and oxygen atoms in total. The number of ether oxygens (including phenoxy) is 3. The Hall–Kier alpha value is -1.07. The van der Waals surface area contributed by atoms with Crippen LogP contribution in [0.5, 0.6) is 17.2 Å². The van der Waals surface area contributed by atoms with E-state index in [-0.39, 0.29) is 0 Å². The quantitative estimate of drug-likeness (QED) is 0.759. The highest BCUT2D eigenvalue weighted by Crippen LogP contribution is 2.34. The Morgan fingerprint density at radius 3 is 2.15 bits per heavy atom. The maximum absolute atomic E-state index is 5.43. The summed E-state index contributed by atoms with van der Waals surface area (Å²) in [4.78, 5) is 0. The SMILES string of the molecule is CCC(CSC)NCc1cc(OC)c(OC)cc1OC. The molecule has 0 saturated carbocycles. The second kappa shape index (κ2) is 8.97. The van der Waals surface area contributed by atoms with Crippen molar-refractivity contribution in [3.8, 4) is 17.2 Å². The van der Waals surface area contributed by atoms with Crippen molar-refractivity contribution in [2.45, 2.75) is 25.9 Å². The van der Waals surface area contributed by atoms with Crippen LogP contribution in [0.4, 0.5) is 0 Å². The van der Waals surface area contributed by atoms with Gasteiger partial charge >= 0.3 is 0 Å². The summed E-state index contributed by atoms with van der Waals surface area (Å²) in [6, 6.07) is 4.34. The summed E-state index contributed by atoms with van der Waals surface area (Å²) in [5, 5.41) is 3.55. The first kappa shape index (κ1) is 17.0. The summed E-state index contributed by atoms with van der Waals surface area (Å²) >= 11 is 1.85. The van der Waals surface area contributed by atoms with E-state index in [9.17, 15) is 0 Å². The van der Waals surface area contributed by atoms with E-state index in [0.29, 0.717) is 11.8 Å². The average Bonchev–Trinajstić information content (AvgIpc) is 2.50. The molecule has 0 amide bonds. The zero-order chi connectivity index (χ0) is 15.0. The van der Waals surface area contributed by atoms with Gasteiger partial charge in [-0.2, -0.15) is 11.8 Å². The van der Waals surface area contributed by atoms with Crippen LogP contribution >= 0.6 is 11.8 Å². The minimum atomic E-state index is 0.503. The van der Waals surface area contributed by atoms with E-state index in [2.05, 4.69) is 18.5 Å². The first-order chi connectivity index (χ1) is 9.69. The van der Waals surface area contributed by atoms with Crippen molar-refractivity contribution in [1.82, 2.24) is 5.32 Å². The monoisotopic (exact) mass is 299 g/mol. The van der Waals surface area contributed by atoms with Crippen molar-refractivity contribution < 1.29 is 14.2 Å². The van der Waals surface area contributed by atoms with Crippen molar-refractivity contribution >= 4 is 11.8 Å². The molecule has 0 fully saturated rings. The van der Waals surface area contributed by atoms with Crippen molar-refractivity contribution in [2.75, 3.05) is 33.3 Å². The lowest BCUT2D eigenvalue weighted by molar-refractivity contribution is 0.346. The van der Waals surface area contributed by atoms with Gasteiger partial charge in [0.1, 0.15) is 5.75 Å². The van der Waals surface area contributed by atoms with Crippen LogP contribution in [-0.2, 0) is 6.54 Å². The molecule has 1 atom stereocenters. The highest BCUT2D eigenvalue weighted by Gasteiger charge is 2.13. The van der Waals surface area contributed by atoms with Gasteiger partial charge in [-0.25, -0.2) is 0 Å². The molecule has 1 aromatic carbocycles. The highest BCUT2D eigenvalue weighted by atomic mass is 32.2. The van der Waals surface area contributed by atoms with Gasteiger partial charge in [0.05, 0.1) is 21.3 Å². The van der Waals surface area contributed by atoms with Crippen LogP contribution in [0.3, 0.4) is 0 Å². The molecule has 1 unspecified atom stereocenters. The molecule has 1 aromatic rings. The first-order valence-electron chi connectivity index (χ1n) is 6.71. The summed E-state index contributed by atoms with van der Waals surface area (Å²) < 4.78 is 16.1. The third-order valence-electron chi connectivity index (χ3n) is 3.23. The van der Waals surface area contributed by atoms with Crippen molar-refractivity contribution in [2.24, 2.45) is 0 Å². The predicted octanol–water partition coefficient (Wildman–Crippen LogP) is 2.94. The Bertz CT molecular complexity index is 412. The Balaban J connectivity index is 2.87. The number of rotatable bonds is 9. The van der Waals surface area contributed by atoms with Gasteiger partial charge in [0.25, 0.3) is 0 Å². The van der Waals surface area contributed by atoms with Crippen molar-refractivity contribution in [3.05, 3.63) is 17.7 Å². The zero-order valence-corrected chi connectivity index (χ0v) is 13.8. The van der Waals surface area contributed by atoms with E-state index in [1.807, 2.05) is 23.9 Å². The smallest absolute Gasteiger partial charge is 0.164 e. The molecule has 0 heterocycles. The van der Waals surface area contributed by atoms with E-state index >= 15 is 0 Å². The molecular formula is C15H25NO3S.